The molecule has 0 radical (unpaired) electrons. The van der Waals surface area contributed by atoms with E-state index in [0.717, 1.165) is 25.8 Å². The molecule has 1 aromatic rings. The summed E-state index contributed by atoms with van der Waals surface area (Å²) in [4.78, 5) is 12.1. The molecule has 0 saturated carbocycles. The van der Waals surface area contributed by atoms with E-state index >= 15 is 0 Å². The van der Waals surface area contributed by atoms with E-state index in [9.17, 15) is 13.6 Å². The highest BCUT2D eigenvalue weighted by atomic mass is 35.5. The number of amides is 1. The van der Waals surface area contributed by atoms with Gasteiger partial charge >= 0.3 is 6.61 Å². The standard InChI is InChI=1S/C15H20F2N2O3.ClH/c1-21-11-5-6-13(22-15(16)17)10(8-11)9-19-14(20)12-4-2-3-7-18-12;/h5-6,8,12,15,18H,2-4,7,9H2,1H3,(H,19,20);1H. The molecule has 0 bridgehead atoms. The molecule has 0 aromatic heterocycles. The molecule has 1 aromatic carbocycles. The van der Waals surface area contributed by atoms with E-state index in [1.807, 2.05) is 0 Å². The van der Waals surface area contributed by atoms with E-state index in [4.69, 9.17) is 4.74 Å². The van der Waals surface area contributed by atoms with Crippen LogP contribution in [-0.2, 0) is 11.3 Å². The van der Waals surface area contributed by atoms with Gasteiger partial charge in [-0.25, -0.2) is 0 Å². The molecule has 1 fully saturated rings. The van der Waals surface area contributed by atoms with E-state index in [-0.39, 0.29) is 36.7 Å². The fourth-order valence-electron chi connectivity index (χ4n) is 2.41. The molecule has 2 rings (SSSR count). The summed E-state index contributed by atoms with van der Waals surface area (Å²) in [5, 5.41) is 5.89. The molecular weight excluding hydrogens is 330 g/mol. The number of methoxy groups -OCH3 is 1. The van der Waals surface area contributed by atoms with Crippen molar-refractivity contribution in [2.24, 2.45) is 0 Å². The van der Waals surface area contributed by atoms with E-state index in [2.05, 4.69) is 15.4 Å². The lowest BCUT2D eigenvalue weighted by Crippen LogP contribution is -2.46. The maximum atomic E-state index is 12.4. The Bertz CT molecular complexity index is 511. The van der Waals surface area contributed by atoms with Gasteiger partial charge in [-0.3, -0.25) is 4.79 Å². The Hall–Kier alpha value is -1.60. The molecule has 1 atom stereocenters. The van der Waals surface area contributed by atoms with Gasteiger partial charge < -0.3 is 20.1 Å². The number of carbonyl (C=O) groups excluding carboxylic acids is 1. The van der Waals surface area contributed by atoms with Crippen LogP contribution in [0.3, 0.4) is 0 Å². The summed E-state index contributed by atoms with van der Waals surface area (Å²) in [6, 6.07) is 4.29. The number of alkyl halides is 2. The van der Waals surface area contributed by atoms with Gasteiger partial charge in [0.15, 0.2) is 0 Å². The number of halogens is 3. The molecule has 130 valence electrons. The maximum Gasteiger partial charge on any atom is 0.387 e. The number of carbonyl (C=O) groups is 1. The molecule has 1 amide bonds. The number of rotatable bonds is 6. The second-order valence-electron chi connectivity index (χ2n) is 5.07. The zero-order valence-electron chi connectivity index (χ0n) is 12.8. The molecule has 2 N–H and O–H groups in total. The summed E-state index contributed by atoms with van der Waals surface area (Å²) in [7, 11) is 1.48. The topological polar surface area (TPSA) is 59.6 Å². The van der Waals surface area contributed by atoms with Crippen molar-refractivity contribution in [3.8, 4) is 11.5 Å². The molecule has 1 heterocycles. The van der Waals surface area contributed by atoms with Crippen molar-refractivity contribution in [2.45, 2.75) is 38.5 Å². The Morgan fingerprint density at radius 2 is 2.22 bits per heavy atom. The van der Waals surface area contributed by atoms with Crippen molar-refractivity contribution < 1.29 is 23.0 Å². The number of nitrogens with one attached hydrogen (secondary N) is 2. The number of piperidine rings is 1. The van der Waals surface area contributed by atoms with Gasteiger partial charge in [-0.1, -0.05) is 6.42 Å². The first-order valence-electron chi connectivity index (χ1n) is 7.23. The molecule has 5 nitrogen and oxygen atoms in total. The predicted molar refractivity (Wildman–Crippen MR) is 84.4 cm³/mol. The molecule has 1 unspecified atom stereocenters. The summed E-state index contributed by atoms with van der Waals surface area (Å²) >= 11 is 0. The summed E-state index contributed by atoms with van der Waals surface area (Å²) in [6.45, 7) is -1.99. The van der Waals surface area contributed by atoms with Gasteiger partial charge in [0.1, 0.15) is 11.5 Å². The van der Waals surface area contributed by atoms with E-state index in [1.54, 1.807) is 6.07 Å². The van der Waals surface area contributed by atoms with Gasteiger partial charge in [0, 0.05) is 12.1 Å². The Morgan fingerprint density at radius 3 is 2.83 bits per heavy atom. The van der Waals surface area contributed by atoms with Gasteiger partial charge in [0.05, 0.1) is 13.2 Å². The van der Waals surface area contributed by atoms with Crippen LogP contribution in [0.2, 0.25) is 0 Å². The van der Waals surface area contributed by atoms with Crippen molar-refractivity contribution in [3.05, 3.63) is 23.8 Å². The Morgan fingerprint density at radius 1 is 1.43 bits per heavy atom. The highest BCUT2D eigenvalue weighted by Crippen LogP contribution is 2.25. The molecule has 0 aliphatic carbocycles. The first-order chi connectivity index (χ1) is 10.6. The zero-order chi connectivity index (χ0) is 15.9. The van der Waals surface area contributed by atoms with Crippen molar-refractivity contribution in [2.75, 3.05) is 13.7 Å². The molecule has 0 spiro atoms. The lowest BCUT2D eigenvalue weighted by molar-refractivity contribution is -0.123. The van der Waals surface area contributed by atoms with Gasteiger partial charge in [-0.05, 0) is 37.6 Å². The summed E-state index contributed by atoms with van der Waals surface area (Å²) < 4.78 is 34.4. The molecule has 23 heavy (non-hydrogen) atoms. The fourth-order valence-corrected chi connectivity index (χ4v) is 2.41. The quantitative estimate of drug-likeness (QED) is 0.827. The lowest BCUT2D eigenvalue weighted by atomic mass is 10.0. The van der Waals surface area contributed by atoms with Crippen LogP contribution in [-0.4, -0.2) is 32.2 Å². The van der Waals surface area contributed by atoms with Crippen LogP contribution in [0, 0.1) is 0 Å². The zero-order valence-corrected chi connectivity index (χ0v) is 13.6. The minimum atomic E-state index is -2.91. The highest BCUT2D eigenvalue weighted by Gasteiger charge is 2.20. The van der Waals surface area contributed by atoms with Crippen LogP contribution in [0.4, 0.5) is 8.78 Å². The number of hydrogen-bond acceptors (Lipinski definition) is 4. The second-order valence-corrected chi connectivity index (χ2v) is 5.07. The van der Waals surface area contributed by atoms with Crippen LogP contribution in [0.5, 0.6) is 11.5 Å². The minimum absolute atomic E-state index is 0. The van der Waals surface area contributed by atoms with Crippen LogP contribution < -0.4 is 20.1 Å². The fraction of sp³-hybridized carbons (Fsp3) is 0.533. The third-order valence-electron chi connectivity index (χ3n) is 3.56. The molecular formula is C15H21ClF2N2O3. The van der Waals surface area contributed by atoms with Gasteiger partial charge in [-0.15, -0.1) is 12.4 Å². The SMILES string of the molecule is COc1ccc(OC(F)F)c(CNC(=O)C2CCCCN2)c1.Cl. The third kappa shape index (κ3) is 5.84. The summed E-state index contributed by atoms with van der Waals surface area (Å²) in [5.74, 6) is 0.417. The number of hydrogen-bond donors (Lipinski definition) is 2. The average Bonchev–Trinajstić information content (AvgIpc) is 2.54. The maximum absolute atomic E-state index is 12.4. The van der Waals surface area contributed by atoms with Crippen LogP contribution in [0.1, 0.15) is 24.8 Å². The monoisotopic (exact) mass is 350 g/mol. The smallest absolute Gasteiger partial charge is 0.387 e. The lowest BCUT2D eigenvalue weighted by Gasteiger charge is -2.22. The second kappa shape index (κ2) is 9.52. The summed E-state index contributed by atoms with van der Waals surface area (Å²) in [5.41, 5.74) is 0.448. The van der Waals surface area contributed by atoms with Crippen LogP contribution in [0.25, 0.3) is 0 Å². The molecule has 1 aliphatic heterocycles. The van der Waals surface area contributed by atoms with Gasteiger partial charge in [-0.2, -0.15) is 8.78 Å². The third-order valence-corrected chi connectivity index (χ3v) is 3.56. The normalized spacial score (nSPS) is 17.3. The molecule has 8 heteroatoms. The molecule has 1 saturated heterocycles. The Kier molecular flexibility index (Phi) is 8.05. The summed E-state index contributed by atoms with van der Waals surface area (Å²) in [6.07, 6.45) is 2.85. The highest BCUT2D eigenvalue weighted by molar-refractivity contribution is 5.85. The van der Waals surface area contributed by atoms with E-state index in [1.165, 1.54) is 19.2 Å². The van der Waals surface area contributed by atoms with Gasteiger partial charge in [0.2, 0.25) is 5.91 Å². The van der Waals surface area contributed by atoms with E-state index < -0.39 is 6.61 Å². The van der Waals surface area contributed by atoms with E-state index in [0.29, 0.717) is 11.3 Å². The average molecular weight is 351 g/mol. The van der Waals surface area contributed by atoms with Crippen molar-refractivity contribution in [3.63, 3.8) is 0 Å². The first-order valence-corrected chi connectivity index (χ1v) is 7.23. The predicted octanol–water partition coefficient (Wildman–Crippen LogP) is 2.48. The first kappa shape index (κ1) is 19.4. The van der Waals surface area contributed by atoms with Crippen molar-refractivity contribution in [1.29, 1.82) is 0 Å². The van der Waals surface area contributed by atoms with Crippen LogP contribution in [0.15, 0.2) is 18.2 Å². The minimum Gasteiger partial charge on any atom is -0.497 e. The van der Waals surface area contributed by atoms with Crippen molar-refractivity contribution >= 4 is 18.3 Å². The number of ether oxygens (including phenoxy) is 2. The Labute approximate surface area is 140 Å². The largest absolute Gasteiger partial charge is 0.497 e. The van der Waals surface area contributed by atoms with Gasteiger partial charge in [0.25, 0.3) is 0 Å². The Balaban J connectivity index is 0.00000264. The van der Waals surface area contributed by atoms with Crippen molar-refractivity contribution in [1.82, 2.24) is 10.6 Å². The van der Waals surface area contributed by atoms with Crippen LogP contribution >= 0.6 is 12.4 Å². The number of benzene rings is 1. The molecule has 1 aliphatic rings.